The summed E-state index contributed by atoms with van der Waals surface area (Å²) in [6.07, 6.45) is 1.21. The summed E-state index contributed by atoms with van der Waals surface area (Å²) >= 11 is 0. The molecule has 166 valence electrons. The van der Waals surface area contributed by atoms with Crippen molar-refractivity contribution < 1.29 is 4.74 Å². The number of benzene rings is 4. The lowest BCUT2D eigenvalue weighted by atomic mass is 9.97. The van der Waals surface area contributed by atoms with E-state index in [9.17, 15) is 0 Å². The Morgan fingerprint density at radius 1 is 0.697 bits per heavy atom. The smallest absolute Gasteiger partial charge is 0.148 e. The molecule has 0 radical (unpaired) electrons. The van der Waals surface area contributed by atoms with Crippen LogP contribution in [-0.4, -0.2) is 15.2 Å². The first kappa shape index (κ1) is 21.9. The second kappa shape index (κ2) is 9.50. The van der Waals surface area contributed by atoms with Gasteiger partial charge in [0.05, 0.1) is 6.61 Å². The van der Waals surface area contributed by atoms with E-state index in [1.54, 1.807) is 5.56 Å². The van der Waals surface area contributed by atoms with Crippen LogP contribution in [-0.2, 0) is 11.3 Å². The molecule has 2 unspecified atom stereocenters. The molecule has 0 spiro atoms. The lowest BCUT2D eigenvalue weighted by molar-refractivity contribution is 0.184. The summed E-state index contributed by atoms with van der Waals surface area (Å²) in [6, 6.07) is 41.9. The van der Waals surface area contributed by atoms with E-state index in [4.69, 9.17) is 4.74 Å². The van der Waals surface area contributed by atoms with Crippen molar-refractivity contribution in [3.05, 3.63) is 126 Å². The quantitative estimate of drug-likeness (QED) is 0.264. The molecule has 5 rings (SSSR count). The molecule has 0 bridgehead atoms. The summed E-state index contributed by atoms with van der Waals surface area (Å²) < 4.78 is 5.63. The second-order valence-corrected chi connectivity index (χ2v) is 13.3. The Morgan fingerprint density at radius 2 is 1.21 bits per heavy atom. The highest BCUT2D eigenvalue weighted by Gasteiger charge is 2.44. The van der Waals surface area contributed by atoms with Crippen LogP contribution in [0.5, 0.6) is 0 Å². The minimum absolute atomic E-state index is 0.522. The molecule has 0 saturated heterocycles. The molecular weight excluding hydrogens is 416 g/mol. The van der Waals surface area contributed by atoms with Gasteiger partial charge in [-0.25, -0.2) is 0 Å². The normalized spacial score (nSPS) is 17.6. The number of ether oxygens (including phenoxy) is 1. The van der Waals surface area contributed by atoms with Gasteiger partial charge in [-0.2, -0.15) is 0 Å². The molecule has 1 aliphatic rings. The van der Waals surface area contributed by atoms with Crippen molar-refractivity contribution in [3.63, 3.8) is 0 Å². The maximum atomic E-state index is 5.63. The average molecular weight is 449 g/mol. The zero-order valence-electron chi connectivity index (χ0n) is 19.6. The van der Waals surface area contributed by atoms with Crippen molar-refractivity contribution in [1.82, 2.24) is 0 Å². The van der Waals surface area contributed by atoms with E-state index in [0.717, 1.165) is 0 Å². The van der Waals surface area contributed by atoms with Crippen molar-refractivity contribution in [3.8, 4) is 0 Å². The van der Waals surface area contributed by atoms with Crippen LogP contribution in [0.15, 0.2) is 109 Å². The highest BCUT2D eigenvalue weighted by Crippen LogP contribution is 2.47. The molecule has 0 saturated carbocycles. The van der Waals surface area contributed by atoms with E-state index < -0.39 is 8.07 Å². The molecule has 0 aliphatic heterocycles. The molecule has 1 nitrogen and oxygen atoms in total. The number of hydrogen-bond donors (Lipinski definition) is 0. The molecule has 33 heavy (non-hydrogen) atoms. The molecule has 4 aromatic carbocycles. The lowest BCUT2D eigenvalue weighted by Crippen LogP contribution is -2.67. The van der Waals surface area contributed by atoms with Crippen LogP contribution < -0.4 is 15.6 Å². The van der Waals surface area contributed by atoms with Crippen molar-refractivity contribution in [1.29, 1.82) is 0 Å². The Hall–Kier alpha value is -2.94. The van der Waals surface area contributed by atoms with E-state index in [0.29, 0.717) is 18.4 Å². The van der Waals surface area contributed by atoms with Gasteiger partial charge in [0, 0.05) is 7.11 Å². The third-order valence-electron chi connectivity index (χ3n) is 7.46. The van der Waals surface area contributed by atoms with Crippen LogP contribution in [0.1, 0.15) is 41.9 Å². The highest BCUT2D eigenvalue weighted by atomic mass is 28.3. The molecule has 1 aliphatic carbocycles. The zero-order chi connectivity index (χ0) is 22.7. The lowest BCUT2D eigenvalue weighted by Gasteiger charge is -2.36. The fourth-order valence-electron chi connectivity index (χ4n) is 6.09. The van der Waals surface area contributed by atoms with Crippen LogP contribution >= 0.6 is 0 Å². The molecule has 0 fully saturated rings. The maximum Gasteiger partial charge on any atom is 0.148 e. The van der Waals surface area contributed by atoms with Crippen LogP contribution in [0.3, 0.4) is 0 Å². The predicted molar refractivity (Wildman–Crippen MR) is 142 cm³/mol. The van der Waals surface area contributed by atoms with Gasteiger partial charge >= 0.3 is 0 Å². The largest absolute Gasteiger partial charge is 0.380 e. The van der Waals surface area contributed by atoms with Gasteiger partial charge in [0.1, 0.15) is 8.07 Å². The Balaban J connectivity index is 1.73. The molecule has 2 heteroatoms. The van der Waals surface area contributed by atoms with Gasteiger partial charge in [0.25, 0.3) is 0 Å². The number of fused-ring (bicyclic) bond motifs is 1. The molecule has 2 atom stereocenters. The van der Waals surface area contributed by atoms with E-state index in [1.165, 1.54) is 39.2 Å². The zero-order valence-corrected chi connectivity index (χ0v) is 20.6. The fraction of sp³-hybridized carbons (Fsp3) is 0.226. The van der Waals surface area contributed by atoms with Gasteiger partial charge < -0.3 is 4.74 Å². The summed E-state index contributed by atoms with van der Waals surface area (Å²) in [5.41, 5.74) is 4.43. The number of methoxy groups -OCH3 is 1. The van der Waals surface area contributed by atoms with Gasteiger partial charge in [0.2, 0.25) is 0 Å². The Labute approximate surface area is 199 Å². The summed E-state index contributed by atoms with van der Waals surface area (Å²) in [7, 11) is -0.464. The van der Waals surface area contributed by atoms with E-state index in [-0.39, 0.29) is 0 Å². The summed E-state index contributed by atoms with van der Waals surface area (Å²) in [4.78, 5) is 0. The SMILES string of the molecule is COCc1cccc2c1C(C[Si](c1ccccc1)(c1ccccc1)c1ccccc1)CC2C. The number of rotatable bonds is 7. The minimum atomic E-state index is -2.27. The first-order chi connectivity index (χ1) is 16.2. The van der Waals surface area contributed by atoms with Crippen LogP contribution in [0.4, 0.5) is 0 Å². The third kappa shape index (κ3) is 3.99. The molecule has 0 amide bonds. The fourth-order valence-corrected chi connectivity index (χ4v) is 11.2. The monoisotopic (exact) mass is 448 g/mol. The van der Waals surface area contributed by atoms with Crippen LogP contribution in [0.2, 0.25) is 6.04 Å². The van der Waals surface area contributed by atoms with Gasteiger partial charge in [0.15, 0.2) is 0 Å². The standard InChI is InChI=1S/C31H32OSi/c1-24-21-26(31-25(22-32-2)13-12-20-30(24)31)23-33(27-14-6-3-7-15-27,28-16-8-4-9-17-28)29-18-10-5-11-19-29/h3-20,24,26H,21-23H2,1-2H3. The van der Waals surface area contributed by atoms with Gasteiger partial charge in [-0.05, 0) is 56.6 Å². The highest BCUT2D eigenvalue weighted by molar-refractivity contribution is 7.11. The van der Waals surface area contributed by atoms with E-state index in [1.807, 2.05) is 7.11 Å². The van der Waals surface area contributed by atoms with E-state index >= 15 is 0 Å². The molecular formula is C31H32OSi. The van der Waals surface area contributed by atoms with Gasteiger partial charge in [-0.3, -0.25) is 0 Å². The van der Waals surface area contributed by atoms with Crippen LogP contribution in [0.25, 0.3) is 0 Å². The van der Waals surface area contributed by atoms with Gasteiger partial charge in [-0.15, -0.1) is 0 Å². The van der Waals surface area contributed by atoms with E-state index in [2.05, 4.69) is 116 Å². The summed E-state index contributed by atoms with van der Waals surface area (Å²) in [5.74, 6) is 1.10. The second-order valence-electron chi connectivity index (χ2n) is 9.39. The van der Waals surface area contributed by atoms with Gasteiger partial charge in [-0.1, -0.05) is 116 Å². The van der Waals surface area contributed by atoms with Crippen LogP contribution in [0, 0.1) is 0 Å². The minimum Gasteiger partial charge on any atom is -0.380 e. The molecule has 4 aromatic rings. The van der Waals surface area contributed by atoms with Crippen molar-refractivity contribution in [2.24, 2.45) is 0 Å². The molecule has 0 heterocycles. The summed E-state index contributed by atoms with van der Waals surface area (Å²) in [5, 5.41) is 4.48. The predicted octanol–water partition coefficient (Wildman–Crippen LogP) is 5.59. The first-order valence-electron chi connectivity index (χ1n) is 12.0. The first-order valence-corrected chi connectivity index (χ1v) is 14.2. The maximum absolute atomic E-state index is 5.63. The number of hydrogen-bond acceptors (Lipinski definition) is 1. The summed E-state index contributed by atoms with van der Waals surface area (Å²) in [6.45, 7) is 3.08. The topological polar surface area (TPSA) is 9.23 Å². The Kier molecular flexibility index (Phi) is 6.30. The average Bonchev–Trinajstić information content (AvgIpc) is 3.20. The Morgan fingerprint density at radius 3 is 1.70 bits per heavy atom. The van der Waals surface area contributed by atoms with Crippen molar-refractivity contribution in [2.45, 2.75) is 37.8 Å². The molecule has 0 aromatic heterocycles. The third-order valence-corrected chi connectivity index (χ3v) is 12.5. The Bertz CT molecular complexity index is 1090. The van der Waals surface area contributed by atoms with Crippen molar-refractivity contribution in [2.75, 3.05) is 7.11 Å². The molecule has 0 N–H and O–H groups in total. The van der Waals surface area contributed by atoms with Crippen molar-refractivity contribution >= 4 is 23.6 Å².